The molecule has 13 heteroatoms. The molecule has 5 N–H and O–H groups in total. The Morgan fingerprint density at radius 3 is 2.56 bits per heavy atom. The highest BCUT2D eigenvalue weighted by Crippen LogP contribution is 2.36. The molecule has 11 nitrogen and oxygen atoms in total. The molecule has 3 atom stereocenters. The summed E-state index contributed by atoms with van der Waals surface area (Å²) >= 11 is 12.5. The second-order valence-corrected chi connectivity index (χ2v) is 12.1. The van der Waals surface area contributed by atoms with Crippen molar-refractivity contribution in [2.75, 3.05) is 26.0 Å². The van der Waals surface area contributed by atoms with E-state index in [9.17, 15) is 14.4 Å². The van der Waals surface area contributed by atoms with Crippen LogP contribution in [0.15, 0.2) is 36.7 Å². The minimum Gasteiger partial charge on any atom is -0.496 e. The van der Waals surface area contributed by atoms with Gasteiger partial charge in [0.05, 0.1) is 35.4 Å². The van der Waals surface area contributed by atoms with Gasteiger partial charge in [-0.1, -0.05) is 37.0 Å². The molecule has 0 bridgehead atoms. The Balaban J connectivity index is 1.68. The zero-order valence-corrected chi connectivity index (χ0v) is 26.3. The van der Waals surface area contributed by atoms with Crippen LogP contribution < -0.4 is 31.3 Å². The van der Waals surface area contributed by atoms with Gasteiger partial charge >= 0.3 is 0 Å². The maximum Gasteiger partial charge on any atom is 0.249 e. The van der Waals surface area contributed by atoms with E-state index >= 15 is 0 Å². The van der Waals surface area contributed by atoms with Crippen LogP contribution in [0.5, 0.6) is 5.75 Å². The van der Waals surface area contributed by atoms with Gasteiger partial charge in [-0.05, 0) is 75.0 Å². The number of methoxy groups -OCH3 is 1. The van der Waals surface area contributed by atoms with Crippen molar-refractivity contribution < 1.29 is 19.1 Å². The van der Waals surface area contributed by atoms with Crippen molar-refractivity contribution in [1.82, 2.24) is 31.2 Å². The first-order chi connectivity index (χ1) is 20.4. The molecule has 0 radical (unpaired) electrons. The topological polar surface area (TPSA) is 146 Å². The van der Waals surface area contributed by atoms with Gasteiger partial charge in [0, 0.05) is 16.5 Å². The van der Waals surface area contributed by atoms with Crippen molar-refractivity contribution in [3.63, 3.8) is 0 Å². The lowest BCUT2D eigenvalue weighted by Gasteiger charge is -2.35. The lowest BCUT2D eigenvalue weighted by molar-refractivity contribution is -0.137. The molecule has 1 aliphatic rings. The van der Waals surface area contributed by atoms with Crippen molar-refractivity contribution >= 4 is 63.3 Å². The Morgan fingerprint density at radius 2 is 1.91 bits per heavy atom. The molecule has 1 aromatic heterocycles. The number of carbonyl (C=O) groups excluding carboxylic acids is 3. The summed E-state index contributed by atoms with van der Waals surface area (Å²) in [5.41, 5.74) is 1.11. The van der Waals surface area contributed by atoms with Crippen LogP contribution >= 0.6 is 23.2 Å². The molecule has 3 amide bonds. The van der Waals surface area contributed by atoms with Crippen molar-refractivity contribution in [2.45, 2.75) is 58.2 Å². The predicted octanol–water partition coefficient (Wildman–Crippen LogP) is 3.75. The Hall–Kier alpha value is -3.51. The first-order valence-electron chi connectivity index (χ1n) is 14.0. The van der Waals surface area contributed by atoms with Gasteiger partial charge in [0.25, 0.3) is 0 Å². The fourth-order valence-corrected chi connectivity index (χ4v) is 5.53. The lowest BCUT2D eigenvalue weighted by atomic mass is 9.77. The molecule has 4 rings (SSSR count). The maximum absolute atomic E-state index is 13.6. The number of anilines is 2. The number of nitrogens with one attached hydrogen (secondary N) is 5. The summed E-state index contributed by atoms with van der Waals surface area (Å²) in [4.78, 5) is 48.2. The highest BCUT2D eigenvalue weighted by molar-refractivity contribution is 6.36. The summed E-state index contributed by atoms with van der Waals surface area (Å²) in [6.07, 6.45) is 3.23. The zero-order chi connectivity index (χ0) is 31.3. The van der Waals surface area contributed by atoms with Crippen LogP contribution in [-0.2, 0) is 20.8 Å². The van der Waals surface area contributed by atoms with E-state index in [4.69, 9.17) is 27.9 Å². The van der Waals surface area contributed by atoms with Crippen molar-refractivity contribution in [1.29, 1.82) is 0 Å². The number of amides is 3. The molecule has 0 unspecified atom stereocenters. The number of hydrogen-bond donors (Lipinski definition) is 5. The van der Waals surface area contributed by atoms with Crippen LogP contribution in [0.4, 0.5) is 11.5 Å². The molecule has 230 valence electrons. The summed E-state index contributed by atoms with van der Waals surface area (Å²) in [6, 6.07) is 6.75. The number of rotatable bonds is 11. The molecule has 43 heavy (non-hydrogen) atoms. The molecule has 1 aliphatic heterocycles. The molecular formula is C30H37Cl2N7O4. The van der Waals surface area contributed by atoms with Gasteiger partial charge in [-0.15, -0.1) is 0 Å². The number of hydrogen-bond acceptors (Lipinski definition) is 9. The number of nitrogens with zero attached hydrogens (tertiary/aromatic N) is 2. The van der Waals surface area contributed by atoms with E-state index in [-0.39, 0.29) is 5.91 Å². The number of aromatic nitrogens is 2. The Bertz CT molecular complexity index is 1510. The fourth-order valence-electron chi connectivity index (χ4n) is 5.07. The highest BCUT2D eigenvalue weighted by Gasteiger charge is 2.39. The van der Waals surface area contributed by atoms with Crippen LogP contribution in [0.1, 0.15) is 39.2 Å². The minimum absolute atomic E-state index is 0.296. The van der Waals surface area contributed by atoms with E-state index in [1.54, 1.807) is 45.3 Å². The normalized spacial score (nSPS) is 16.4. The smallest absolute Gasteiger partial charge is 0.249 e. The third-order valence-corrected chi connectivity index (χ3v) is 8.20. The largest absolute Gasteiger partial charge is 0.496 e. The third kappa shape index (κ3) is 7.72. The van der Waals surface area contributed by atoms with Gasteiger partial charge in [0.2, 0.25) is 17.7 Å². The van der Waals surface area contributed by atoms with E-state index in [1.165, 1.54) is 6.33 Å². The Labute approximate surface area is 260 Å². The van der Waals surface area contributed by atoms with Crippen molar-refractivity contribution in [3.8, 4) is 5.75 Å². The van der Waals surface area contributed by atoms with Crippen LogP contribution in [0.3, 0.4) is 0 Å². The minimum atomic E-state index is -1.04. The molecule has 2 aromatic carbocycles. The molecule has 1 saturated heterocycles. The summed E-state index contributed by atoms with van der Waals surface area (Å²) in [6.45, 7) is 6.12. The maximum atomic E-state index is 13.6. The predicted molar refractivity (Wildman–Crippen MR) is 168 cm³/mol. The van der Waals surface area contributed by atoms with E-state index in [0.29, 0.717) is 57.6 Å². The van der Waals surface area contributed by atoms with Gasteiger partial charge in [0.1, 0.15) is 23.9 Å². The summed E-state index contributed by atoms with van der Waals surface area (Å²) in [5.74, 6) is -0.294. The van der Waals surface area contributed by atoms with Gasteiger partial charge in [-0.3, -0.25) is 19.7 Å². The lowest BCUT2D eigenvalue weighted by Crippen LogP contribution is -2.59. The summed E-state index contributed by atoms with van der Waals surface area (Å²) in [7, 11) is 3.21. The molecule has 0 saturated carbocycles. The highest BCUT2D eigenvalue weighted by atomic mass is 35.5. The molecule has 2 heterocycles. The van der Waals surface area contributed by atoms with Gasteiger partial charge < -0.3 is 26.0 Å². The number of likely N-dealkylation sites (N-methyl/N-ethyl adjacent to an activating group) is 1. The average Bonchev–Trinajstić information content (AvgIpc) is 3.52. The Morgan fingerprint density at radius 1 is 1.14 bits per heavy atom. The fraction of sp³-hybridized carbons (Fsp3) is 0.433. The third-order valence-electron chi connectivity index (χ3n) is 7.65. The van der Waals surface area contributed by atoms with E-state index in [0.717, 1.165) is 12.0 Å². The molecule has 3 aromatic rings. The second kappa shape index (κ2) is 13.9. The summed E-state index contributed by atoms with van der Waals surface area (Å²) in [5, 5.41) is 16.2. The van der Waals surface area contributed by atoms with Gasteiger partial charge in [0.15, 0.2) is 0 Å². The van der Waals surface area contributed by atoms with E-state index in [2.05, 4.69) is 36.6 Å². The zero-order valence-electron chi connectivity index (χ0n) is 24.8. The summed E-state index contributed by atoms with van der Waals surface area (Å²) < 4.78 is 5.72. The van der Waals surface area contributed by atoms with Gasteiger partial charge in [-0.25, -0.2) is 9.97 Å². The number of ether oxygens (including phenoxy) is 1. The number of imide groups is 1. The quantitative estimate of drug-likeness (QED) is 0.214. The van der Waals surface area contributed by atoms with Gasteiger partial charge in [-0.2, -0.15) is 0 Å². The number of benzene rings is 2. The number of halogens is 2. The molecular weight excluding hydrogens is 593 g/mol. The van der Waals surface area contributed by atoms with Crippen LogP contribution in [-0.4, -0.2) is 66.5 Å². The van der Waals surface area contributed by atoms with Crippen LogP contribution in [0.2, 0.25) is 10.0 Å². The average molecular weight is 631 g/mol. The van der Waals surface area contributed by atoms with Crippen LogP contribution in [0.25, 0.3) is 10.9 Å². The number of fused-ring (bicyclic) bond motifs is 1. The molecule has 1 fully saturated rings. The monoisotopic (exact) mass is 629 g/mol. The standard InChI is InChI=1S/C30H37Cl2N7O4/c1-16(33-4)27(40)38-25(29(42)39-28(41)22-7-6-10-34-22)30(2,3)14-17-11-19-23(13-24(17)43-5)35-15-36-26(19)37-21-9-8-18(31)12-20(21)32/h8-9,11-13,15-16,22,25,33-34H,6-7,10,14H2,1-5H3,(H,38,40)(H,35,36,37)(H,39,41,42)/t16-,22-,25+/m0/s1. The Kier molecular flexibility index (Phi) is 10.4. The van der Waals surface area contributed by atoms with E-state index < -0.39 is 35.4 Å². The number of carbonyl (C=O) groups is 3. The van der Waals surface area contributed by atoms with Crippen LogP contribution in [0, 0.1) is 5.41 Å². The first-order valence-corrected chi connectivity index (χ1v) is 14.8. The molecule has 0 spiro atoms. The van der Waals surface area contributed by atoms with E-state index in [1.807, 2.05) is 19.9 Å². The molecule has 0 aliphatic carbocycles. The van der Waals surface area contributed by atoms with Crippen molar-refractivity contribution in [3.05, 3.63) is 52.3 Å². The SMILES string of the molecule is CN[C@@H](C)C(=O)N[C@H](C(=O)NC(=O)[C@@H]1CCCN1)C(C)(C)Cc1cc2c(Nc3ccc(Cl)cc3Cl)ncnc2cc1OC. The second-order valence-electron chi connectivity index (χ2n) is 11.3. The first kappa shape index (κ1) is 32.4. The van der Waals surface area contributed by atoms with Crippen molar-refractivity contribution in [2.24, 2.45) is 5.41 Å².